The van der Waals surface area contributed by atoms with Crippen molar-refractivity contribution in [2.45, 2.75) is 60.5 Å². The number of hydrogen-bond acceptors (Lipinski definition) is 6. The van der Waals surface area contributed by atoms with Crippen molar-refractivity contribution in [2.75, 3.05) is 13.2 Å². The highest BCUT2D eigenvalue weighted by atomic mass is 16.6. The van der Waals surface area contributed by atoms with Gasteiger partial charge >= 0.3 is 17.9 Å². The molecule has 0 spiro atoms. The third kappa shape index (κ3) is 9.16. The zero-order valence-corrected chi connectivity index (χ0v) is 25.5. The molecule has 0 bridgehead atoms. The summed E-state index contributed by atoms with van der Waals surface area (Å²) in [5.41, 5.74) is 0.583. The molecule has 0 aliphatic heterocycles. The summed E-state index contributed by atoms with van der Waals surface area (Å²) in [5.74, 6) is -0.520. The third-order valence-corrected chi connectivity index (χ3v) is 7.36. The van der Waals surface area contributed by atoms with E-state index in [1.165, 1.54) is 0 Å². The lowest BCUT2D eigenvalue weighted by Crippen LogP contribution is -2.30. The molecule has 4 rings (SSSR count). The van der Waals surface area contributed by atoms with E-state index in [0.29, 0.717) is 30.1 Å². The lowest BCUT2D eigenvalue weighted by molar-refractivity contribution is -0.157. The van der Waals surface area contributed by atoms with E-state index in [0.717, 1.165) is 28.0 Å². The van der Waals surface area contributed by atoms with Gasteiger partial charge in [0.25, 0.3) is 0 Å². The molecule has 2 atom stereocenters. The van der Waals surface area contributed by atoms with Crippen LogP contribution in [0.4, 0.5) is 0 Å². The van der Waals surface area contributed by atoms with Crippen LogP contribution in [0.5, 0.6) is 0 Å². The molecular formula is C36H42O6. The molecule has 0 aromatic heterocycles. The van der Waals surface area contributed by atoms with Gasteiger partial charge in [0.1, 0.15) is 12.7 Å². The molecule has 0 heterocycles. The Kier molecular flexibility index (Phi) is 11.7. The first-order valence-corrected chi connectivity index (χ1v) is 14.6. The van der Waals surface area contributed by atoms with Crippen LogP contribution < -0.4 is 0 Å². The maximum absolute atomic E-state index is 12.2. The predicted octanol–water partition coefficient (Wildman–Crippen LogP) is 8.41. The Morgan fingerprint density at radius 2 is 1.17 bits per heavy atom. The van der Waals surface area contributed by atoms with Gasteiger partial charge in [0.15, 0.2) is 0 Å². The summed E-state index contributed by atoms with van der Waals surface area (Å²) in [5, 5.41) is 4.25. The molecule has 6 nitrogen and oxygen atoms in total. The maximum atomic E-state index is 12.2. The van der Waals surface area contributed by atoms with Gasteiger partial charge in [-0.3, -0.25) is 4.79 Å². The highest BCUT2D eigenvalue weighted by Gasteiger charge is 2.27. The Labute approximate surface area is 249 Å². The quantitative estimate of drug-likeness (QED) is 0.141. The van der Waals surface area contributed by atoms with Gasteiger partial charge in [-0.2, -0.15) is 0 Å². The van der Waals surface area contributed by atoms with E-state index in [-0.39, 0.29) is 18.5 Å². The van der Waals surface area contributed by atoms with Gasteiger partial charge in [0, 0.05) is 0 Å². The van der Waals surface area contributed by atoms with E-state index < -0.39 is 17.5 Å². The Balaban J connectivity index is 0.000000240. The Morgan fingerprint density at radius 3 is 1.67 bits per heavy atom. The van der Waals surface area contributed by atoms with Gasteiger partial charge in [0.05, 0.1) is 23.1 Å². The smallest absolute Gasteiger partial charge is 0.338 e. The fourth-order valence-electron chi connectivity index (χ4n) is 3.87. The van der Waals surface area contributed by atoms with Gasteiger partial charge in [-0.05, 0) is 78.9 Å². The second-order valence-corrected chi connectivity index (χ2v) is 11.3. The number of rotatable bonds is 10. The molecule has 0 amide bonds. The second kappa shape index (κ2) is 15.2. The van der Waals surface area contributed by atoms with Crippen molar-refractivity contribution < 1.29 is 28.6 Å². The van der Waals surface area contributed by atoms with Crippen LogP contribution in [0.2, 0.25) is 0 Å². The minimum atomic E-state index is -0.526. The lowest BCUT2D eigenvalue weighted by Gasteiger charge is -2.22. The fourth-order valence-corrected chi connectivity index (χ4v) is 3.87. The normalized spacial score (nSPS) is 12.5. The van der Waals surface area contributed by atoms with E-state index >= 15 is 0 Å². The Hall–Kier alpha value is -4.19. The van der Waals surface area contributed by atoms with Gasteiger partial charge in [-0.1, -0.05) is 87.9 Å². The molecule has 0 saturated heterocycles. The van der Waals surface area contributed by atoms with Gasteiger partial charge in [-0.25, -0.2) is 9.59 Å². The fraction of sp³-hybridized carbons (Fsp3) is 0.361. The van der Waals surface area contributed by atoms with Gasteiger partial charge < -0.3 is 14.2 Å². The number of ether oxygens (including phenoxy) is 3. The van der Waals surface area contributed by atoms with Crippen molar-refractivity contribution in [1.82, 2.24) is 0 Å². The summed E-state index contributed by atoms with van der Waals surface area (Å²) >= 11 is 0. The summed E-state index contributed by atoms with van der Waals surface area (Å²) in [6.07, 6.45) is 1.21. The van der Waals surface area contributed by atoms with Crippen LogP contribution in [0.1, 0.15) is 75.1 Å². The zero-order chi connectivity index (χ0) is 30.7. The predicted molar refractivity (Wildman–Crippen MR) is 168 cm³/mol. The van der Waals surface area contributed by atoms with Crippen LogP contribution in [0, 0.1) is 11.3 Å². The summed E-state index contributed by atoms with van der Waals surface area (Å²) in [6, 6.07) is 26.9. The zero-order valence-electron chi connectivity index (χ0n) is 25.5. The van der Waals surface area contributed by atoms with E-state index in [9.17, 15) is 14.4 Å². The minimum absolute atomic E-state index is 0.0571. The molecule has 222 valence electrons. The standard InChI is InChI=1S/C20H24O4.C16H18O2/c1-5-20(3,4)19(22)23-13-14(2)24-18(21)17-11-10-15-8-6-7-9-16(15)12-17;1-3-12(2)11-18-16(17)15-9-8-13-6-4-5-7-14(13)10-15/h6-12,14H,5,13H2,1-4H3;4-10,12H,3,11H2,1-2H3. The average molecular weight is 571 g/mol. The van der Waals surface area contributed by atoms with E-state index in [1.807, 2.05) is 93.6 Å². The molecule has 0 N–H and O–H groups in total. The first-order valence-electron chi connectivity index (χ1n) is 14.6. The number of carbonyl (C=O) groups is 3. The molecule has 0 aliphatic rings. The van der Waals surface area contributed by atoms with E-state index in [2.05, 4.69) is 13.8 Å². The van der Waals surface area contributed by atoms with Crippen molar-refractivity contribution in [2.24, 2.45) is 11.3 Å². The van der Waals surface area contributed by atoms with Gasteiger partial charge in [-0.15, -0.1) is 0 Å². The summed E-state index contributed by atoms with van der Waals surface area (Å²) in [6.45, 7) is 12.0. The third-order valence-electron chi connectivity index (χ3n) is 7.36. The van der Waals surface area contributed by atoms with E-state index in [1.54, 1.807) is 19.1 Å². The van der Waals surface area contributed by atoms with Crippen molar-refractivity contribution in [1.29, 1.82) is 0 Å². The monoisotopic (exact) mass is 570 g/mol. The summed E-state index contributed by atoms with van der Waals surface area (Å²) < 4.78 is 15.9. The van der Waals surface area contributed by atoms with Crippen LogP contribution >= 0.6 is 0 Å². The molecule has 0 fully saturated rings. The molecule has 0 radical (unpaired) electrons. The molecule has 4 aromatic rings. The molecule has 42 heavy (non-hydrogen) atoms. The number of esters is 3. The number of carbonyl (C=O) groups excluding carboxylic acids is 3. The molecule has 0 saturated carbocycles. The van der Waals surface area contributed by atoms with Crippen LogP contribution in [-0.2, 0) is 19.0 Å². The largest absolute Gasteiger partial charge is 0.462 e. The van der Waals surface area contributed by atoms with Crippen molar-refractivity contribution in [3.8, 4) is 0 Å². The second-order valence-electron chi connectivity index (χ2n) is 11.3. The molecule has 4 aromatic carbocycles. The first kappa shape index (κ1) is 32.3. The van der Waals surface area contributed by atoms with Crippen molar-refractivity contribution in [3.05, 3.63) is 96.1 Å². The van der Waals surface area contributed by atoms with Crippen LogP contribution in [0.15, 0.2) is 84.9 Å². The van der Waals surface area contributed by atoms with Crippen molar-refractivity contribution in [3.63, 3.8) is 0 Å². The van der Waals surface area contributed by atoms with Crippen LogP contribution in [-0.4, -0.2) is 37.2 Å². The van der Waals surface area contributed by atoms with Crippen LogP contribution in [0.3, 0.4) is 0 Å². The maximum Gasteiger partial charge on any atom is 0.338 e. The number of benzene rings is 4. The average Bonchev–Trinajstić information content (AvgIpc) is 3.01. The highest BCUT2D eigenvalue weighted by molar-refractivity contribution is 5.96. The van der Waals surface area contributed by atoms with Crippen molar-refractivity contribution >= 4 is 39.5 Å². The number of hydrogen-bond donors (Lipinski definition) is 0. The van der Waals surface area contributed by atoms with E-state index in [4.69, 9.17) is 14.2 Å². The lowest BCUT2D eigenvalue weighted by atomic mass is 9.91. The molecule has 2 unspecified atom stereocenters. The number of fused-ring (bicyclic) bond motifs is 2. The highest BCUT2D eigenvalue weighted by Crippen LogP contribution is 2.22. The SMILES string of the molecule is CCC(C)(C)C(=O)OCC(C)OC(=O)c1ccc2ccccc2c1.CCC(C)COC(=O)c1ccc2ccccc2c1. The molecular weight excluding hydrogens is 528 g/mol. The first-order chi connectivity index (χ1) is 20.0. The summed E-state index contributed by atoms with van der Waals surface area (Å²) in [7, 11) is 0. The van der Waals surface area contributed by atoms with Crippen LogP contribution in [0.25, 0.3) is 21.5 Å². The topological polar surface area (TPSA) is 78.9 Å². The minimum Gasteiger partial charge on any atom is -0.462 e. The molecule has 6 heteroatoms. The summed E-state index contributed by atoms with van der Waals surface area (Å²) in [4.78, 5) is 36.1. The van der Waals surface area contributed by atoms with Gasteiger partial charge in [0.2, 0.25) is 0 Å². The Morgan fingerprint density at radius 1 is 0.667 bits per heavy atom. The molecule has 0 aliphatic carbocycles. The Bertz CT molecular complexity index is 1510.